The molecule has 0 radical (unpaired) electrons. The van der Waals surface area contributed by atoms with E-state index in [1.807, 2.05) is 0 Å². The smallest absolute Gasteiger partial charge is 0.330 e. The molecule has 5 nitrogen and oxygen atoms in total. The van der Waals surface area contributed by atoms with E-state index in [4.69, 9.17) is 4.84 Å². The number of carbonyl (C=O) groups is 3. The third kappa shape index (κ3) is 6.16. The van der Waals surface area contributed by atoms with E-state index in [-0.39, 0.29) is 18.8 Å². The number of unbranched alkanes of at least 4 members (excludes halogenated alkanes) is 5. The van der Waals surface area contributed by atoms with Crippen molar-refractivity contribution >= 4 is 17.8 Å². The van der Waals surface area contributed by atoms with Gasteiger partial charge in [-0.2, -0.15) is 0 Å². The molecule has 5 heteroatoms. The maximum absolute atomic E-state index is 12.2. The van der Waals surface area contributed by atoms with Gasteiger partial charge in [-0.05, 0) is 12.8 Å². The molecule has 2 amide bonds. The molecule has 0 aliphatic carbocycles. The second-order valence-electron chi connectivity index (χ2n) is 6.03. The monoisotopic (exact) mass is 311 g/mol. The van der Waals surface area contributed by atoms with Gasteiger partial charge in [0.25, 0.3) is 11.8 Å². The van der Waals surface area contributed by atoms with Crippen molar-refractivity contribution < 1.29 is 19.2 Å². The van der Waals surface area contributed by atoms with E-state index in [1.165, 1.54) is 19.3 Å². The van der Waals surface area contributed by atoms with Gasteiger partial charge in [0, 0.05) is 12.8 Å². The number of imide groups is 1. The molecule has 0 aromatic rings. The predicted octanol–water partition coefficient (Wildman–Crippen LogP) is 3.76. The highest BCUT2D eigenvalue weighted by Gasteiger charge is 2.34. The molecule has 0 aromatic heterocycles. The zero-order valence-electron chi connectivity index (χ0n) is 13.9. The van der Waals surface area contributed by atoms with Crippen molar-refractivity contribution in [3.05, 3.63) is 0 Å². The van der Waals surface area contributed by atoms with Gasteiger partial charge in [0.15, 0.2) is 0 Å². The van der Waals surface area contributed by atoms with Crippen molar-refractivity contribution in [2.75, 3.05) is 0 Å². The quantitative estimate of drug-likeness (QED) is 0.430. The largest absolute Gasteiger partial charge is 0.336 e. The Labute approximate surface area is 133 Å². The lowest BCUT2D eigenvalue weighted by Crippen LogP contribution is -2.34. The third-order valence-electron chi connectivity index (χ3n) is 4.08. The first-order valence-corrected chi connectivity index (χ1v) is 8.67. The van der Waals surface area contributed by atoms with Crippen LogP contribution in [0, 0.1) is 5.92 Å². The number of amides is 2. The fourth-order valence-electron chi connectivity index (χ4n) is 2.65. The van der Waals surface area contributed by atoms with E-state index in [0.29, 0.717) is 5.06 Å². The lowest BCUT2D eigenvalue weighted by Gasteiger charge is -2.19. The Bertz CT molecular complexity index is 365. The maximum atomic E-state index is 12.2. The lowest BCUT2D eigenvalue weighted by atomic mass is 9.95. The number of hydrogen-bond donors (Lipinski definition) is 0. The van der Waals surface area contributed by atoms with Crippen molar-refractivity contribution in [1.29, 1.82) is 0 Å². The van der Waals surface area contributed by atoms with Gasteiger partial charge in [-0.1, -0.05) is 58.8 Å². The molecule has 1 rings (SSSR count). The molecule has 1 aliphatic rings. The Morgan fingerprint density at radius 1 is 0.955 bits per heavy atom. The third-order valence-corrected chi connectivity index (χ3v) is 4.08. The summed E-state index contributed by atoms with van der Waals surface area (Å²) < 4.78 is 0. The van der Waals surface area contributed by atoms with Crippen LogP contribution in [-0.4, -0.2) is 22.8 Å². The first kappa shape index (κ1) is 18.7. The molecule has 1 atom stereocenters. The van der Waals surface area contributed by atoms with Crippen LogP contribution in [0.3, 0.4) is 0 Å². The zero-order valence-corrected chi connectivity index (χ0v) is 13.9. The van der Waals surface area contributed by atoms with Gasteiger partial charge in [-0.15, -0.1) is 5.06 Å². The molecule has 1 heterocycles. The summed E-state index contributed by atoms with van der Waals surface area (Å²) in [5.41, 5.74) is 0. The number of rotatable bonds is 11. The van der Waals surface area contributed by atoms with Gasteiger partial charge in [-0.25, -0.2) is 4.79 Å². The fraction of sp³-hybridized carbons (Fsp3) is 0.824. The van der Waals surface area contributed by atoms with Gasteiger partial charge < -0.3 is 4.84 Å². The highest BCUT2D eigenvalue weighted by molar-refractivity contribution is 6.01. The Kier molecular flexibility index (Phi) is 8.78. The lowest BCUT2D eigenvalue weighted by molar-refractivity contribution is -0.201. The molecule has 0 spiro atoms. The Balaban J connectivity index is 2.45. The summed E-state index contributed by atoms with van der Waals surface area (Å²) in [6.45, 7) is 4.25. The minimum Gasteiger partial charge on any atom is -0.330 e. The van der Waals surface area contributed by atoms with Crippen molar-refractivity contribution in [3.63, 3.8) is 0 Å². The van der Waals surface area contributed by atoms with Crippen LogP contribution in [0.1, 0.15) is 84.5 Å². The van der Waals surface area contributed by atoms with Crippen LogP contribution in [0.2, 0.25) is 0 Å². The topological polar surface area (TPSA) is 63.7 Å². The summed E-state index contributed by atoms with van der Waals surface area (Å²) in [7, 11) is 0. The Morgan fingerprint density at radius 2 is 1.50 bits per heavy atom. The molecule has 1 aliphatic heterocycles. The van der Waals surface area contributed by atoms with Crippen LogP contribution in [0.5, 0.6) is 0 Å². The molecular weight excluding hydrogens is 282 g/mol. The minimum atomic E-state index is -0.424. The SMILES string of the molecule is CCCCCCCC(CCCC)C(=O)ON1C(=O)CCC1=O. The summed E-state index contributed by atoms with van der Waals surface area (Å²) in [6, 6.07) is 0. The van der Waals surface area contributed by atoms with Crippen molar-refractivity contribution in [2.45, 2.75) is 84.5 Å². The summed E-state index contributed by atoms with van der Waals surface area (Å²) in [5, 5.41) is 0.665. The van der Waals surface area contributed by atoms with Gasteiger partial charge in [0.05, 0.1) is 5.92 Å². The fourth-order valence-corrected chi connectivity index (χ4v) is 2.65. The predicted molar refractivity (Wildman–Crippen MR) is 83.6 cm³/mol. The van der Waals surface area contributed by atoms with Crippen molar-refractivity contribution in [3.8, 4) is 0 Å². The van der Waals surface area contributed by atoms with Crippen LogP contribution >= 0.6 is 0 Å². The standard InChI is InChI=1S/C17H29NO4/c1-3-5-7-8-9-11-14(10-6-4-2)17(21)22-18-15(19)12-13-16(18)20/h14H,3-13H2,1-2H3. The van der Waals surface area contributed by atoms with E-state index in [0.717, 1.165) is 38.5 Å². The molecule has 0 aromatic carbocycles. The highest BCUT2D eigenvalue weighted by Crippen LogP contribution is 2.21. The number of nitrogens with zero attached hydrogens (tertiary/aromatic N) is 1. The second-order valence-corrected chi connectivity index (χ2v) is 6.03. The molecule has 0 bridgehead atoms. The molecule has 1 saturated heterocycles. The first-order chi connectivity index (χ1) is 10.6. The van der Waals surface area contributed by atoms with E-state index in [1.54, 1.807) is 0 Å². The van der Waals surface area contributed by atoms with Crippen molar-refractivity contribution in [1.82, 2.24) is 5.06 Å². The van der Waals surface area contributed by atoms with E-state index in [2.05, 4.69) is 13.8 Å². The Morgan fingerprint density at radius 3 is 2.09 bits per heavy atom. The molecule has 126 valence electrons. The van der Waals surface area contributed by atoms with Crippen LogP contribution in [0.25, 0.3) is 0 Å². The molecule has 1 fully saturated rings. The summed E-state index contributed by atoms with van der Waals surface area (Å²) in [5.74, 6) is -1.44. The van der Waals surface area contributed by atoms with E-state index in [9.17, 15) is 14.4 Å². The van der Waals surface area contributed by atoms with Gasteiger partial charge in [-0.3, -0.25) is 9.59 Å². The molecule has 22 heavy (non-hydrogen) atoms. The van der Waals surface area contributed by atoms with Crippen LogP contribution in [-0.2, 0) is 19.2 Å². The van der Waals surface area contributed by atoms with Gasteiger partial charge in [0.2, 0.25) is 0 Å². The normalized spacial score (nSPS) is 16.2. The van der Waals surface area contributed by atoms with Crippen molar-refractivity contribution in [2.24, 2.45) is 5.92 Å². The molecule has 0 saturated carbocycles. The molecule has 1 unspecified atom stereocenters. The highest BCUT2D eigenvalue weighted by atomic mass is 16.7. The van der Waals surface area contributed by atoms with E-state index >= 15 is 0 Å². The minimum absolute atomic E-state index is 0.142. The average molecular weight is 311 g/mol. The zero-order chi connectivity index (χ0) is 16.4. The van der Waals surface area contributed by atoms with Crippen LogP contribution in [0.15, 0.2) is 0 Å². The molecular formula is C17H29NO4. The number of carbonyl (C=O) groups excluding carboxylic acids is 3. The van der Waals surface area contributed by atoms with Crippen LogP contribution in [0.4, 0.5) is 0 Å². The van der Waals surface area contributed by atoms with Gasteiger partial charge >= 0.3 is 5.97 Å². The first-order valence-electron chi connectivity index (χ1n) is 8.67. The van der Waals surface area contributed by atoms with E-state index < -0.39 is 17.8 Å². The summed E-state index contributed by atoms with van der Waals surface area (Å²) in [6.07, 6.45) is 9.51. The summed E-state index contributed by atoms with van der Waals surface area (Å²) >= 11 is 0. The van der Waals surface area contributed by atoms with Gasteiger partial charge in [0.1, 0.15) is 0 Å². The van der Waals surface area contributed by atoms with Crippen LogP contribution < -0.4 is 0 Å². The average Bonchev–Trinajstić information content (AvgIpc) is 2.81. The summed E-state index contributed by atoms with van der Waals surface area (Å²) in [4.78, 5) is 40.4. The number of hydrogen-bond acceptors (Lipinski definition) is 4. The molecule has 0 N–H and O–H groups in total. The maximum Gasteiger partial charge on any atom is 0.336 e. The Hall–Kier alpha value is -1.39. The second kappa shape index (κ2) is 10.4. The number of hydroxylamine groups is 2.